The van der Waals surface area contributed by atoms with Gasteiger partial charge in [0.2, 0.25) is 0 Å². The van der Waals surface area contributed by atoms with Crippen molar-refractivity contribution in [3.63, 3.8) is 0 Å². The van der Waals surface area contributed by atoms with E-state index in [1.165, 1.54) is 28.2 Å². The lowest BCUT2D eigenvalue weighted by molar-refractivity contribution is -0.385. The van der Waals surface area contributed by atoms with Crippen LogP contribution >= 0.6 is 11.3 Å². The highest BCUT2D eigenvalue weighted by Gasteiger charge is 2.30. The standard InChI is InChI=1S/C19H13FN6O2S/c20-13-8-11(26(27)28)3-6-15(13)25-17-12(4-5-14-18(17)29-19(21)23-14)16(24-25)10-2-1-7-22-9-10/h1-3,6-9H,4-5H2,(H2,21,23). The van der Waals surface area contributed by atoms with Crippen LogP contribution < -0.4 is 5.73 Å². The van der Waals surface area contributed by atoms with E-state index in [1.807, 2.05) is 12.1 Å². The molecule has 0 aliphatic heterocycles. The fraction of sp³-hybridized carbons (Fsp3) is 0.105. The van der Waals surface area contributed by atoms with Gasteiger partial charge in [0.05, 0.1) is 32.9 Å². The predicted molar refractivity (Wildman–Crippen MR) is 106 cm³/mol. The molecule has 29 heavy (non-hydrogen) atoms. The molecule has 144 valence electrons. The van der Waals surface area contributed by atoms with Crippen LogP contribution in [0.4, 0.5) is 15.2 Å². The van der Waals surface area contributed by atoms with Gasteiger partial charge in [0.15, 0.2) is 10.9 Å². The van der Waals surface area contributed by atoms with Gasteiger partial charge in [0.25, 0.3) is 5.69 Å². The number of nitro benzene ring substituents is 1. The maximum Gasteiger partial charge on any atom is 0.272 e. The molecular weight excluding hydrogens is 395 g/mol. The lowest BCUT2D eigenvalue weighted by Gasteiger charge is -2.14. The summed E-state index contributed by atoms with van der Waals surface area (Å²) in [7, 11) is 0. The van der Waals surface area contributed by atoms with Crippen molar-refractivity contribution >= 4 is 22.2 Å². The second kappa shape index (κ2) is 6.45. The molecule has 1 aliphatic carbocycles. The minimum absolute atomic E-state index is 0.127. The Kier molecular flexibility index (Phi) is 3.88. The smallest absolute Gasteiger partial charge is 0.272 e. The monoisotopic (exact) mass is 408 g/mol. The Labute approximate surface area is 167 Å². The van der Waals surface area contributed by atoms with Gasteiger partial charge in [-0.1, -0.05) is 11.3 Å². The molecule has 0 amide bonds. The highest BCUT2D eigenvalue weighted by molar-refractivity contribution is 7.18. The minimum atomic E-state index is -0.730. The fourth-order valence-electron chi connectivity index (χ4n) is 3.58. The number of nitrogen functional groups attached to an aromatic ring is 1. The molecule has 1 aromatic carbocycles. The number of halogens is 1. The summed E-state index contributed by atoms with van der Waals surface area (Å²) in [6.45, 7) is 0. The number of pyridine rings is 1. The first-order valence-corrected chi connectivity index (χ1v) is 9.56. The molecule has 0 unspecified atom stereocenters. The predicted octanol–water partition coefficient (Wildman–Crippen LogP) is 3.79. The number of anilines is 1. The number of thiazole rings is 1. The quantitative estimate of drug-likeness (QED) is 0.408. The molecule has 0 fully saturated rings. The van der Waals surface area contributed by atoms with E-state index in [1.54, 1.807) is 12.4 Å². The second-order valence-corrected chi connectivity index (χ2v) is 7.58. The molecule has 10 heteroatoms. The number of benzene rings is 1. The molecule has 0 saturated heterocycles. The Balaban J connectivity index is 1.79. The molecule has 1 aliphatic rings. The topological polar surface area (TPSA) is 113 Å². The number of nitrogens with two attached hydrogens (primary N) is 1. The van der Waals surface area contributed by atoms with Gasteiger partial charge in [-0.3, -0.25) is 15.1 Å². The summed E-state index contributed by atoms with van der Waals surface area (Å²) >= 11 is 1.32. The van der Waals surface area contributed by atoms with Crippen molar-refractivity contribution in [3.05, 3.63) is 69.9 Å². The number of aromatic nitrogens is 4. The summed E-state index contributed by atoms with van der Waals surface area (Å²) in [6, 6.07) is 7.24. The zero-order valence-electron chi connectivity index (χ0n) is 14.9. The molecule has 0 radical (unpaired) electrons. The Hall–Kier alpha value is -3.66. The lowest BCUT2D eigenvalue weighted by atomic mass is 9.95. The van der Waals surface area contributed by atoms with Gasteiger partial charge in [-0.15, -0.1) is 0 Å². The van der Waals surface area contributed by atoms with Crippen LogP contribution in [-0.2, 0) is 12.8 Å². The van der Waals surface area contributed by atoms with Gasteiger partial charge in [-0.05, 0) is 31.0 Å². The largest absolute Gasteiger partial charge is 0.375 e. The summed E-state index contributed by atoms with van der Waals surface area (Å²) in [5, 5.41) is 16.1. The maximum atomic E-state index is 14.8. The fourth-order valence-corrected chi connectivity index (χ4v) is 4.52. The summed E-state index contributed by atoms with van der Waals surface area (Å²) in [6.07, 6.45) is 4.75. The van der Waals surface area contributed by atoms with E-state index in [0.29, 0.717) is 29.4 Å². The minimum Gasteiger partial charge on any atom is -0.375 e. The van der Waals surface area contributed by atoms with Crippen LogP contribution in [0, 0.1) is 15.9 Å². The van der Waals surface area contributed by atoms with Crippen molar-refractivity contribution in [2.45, 2.75) is 12.8 Å². The van der Waals surface area contributed by atoms with Crippen molar-refractivity contribution in [2.24, 2.45) is 0 Å². The first-order valence-electron chi connectivity index (χ1n) is 8.75. The number of non-ortho nitro benzene ring substituents is 1. The number of nitro groups is 1. The van der Waals surface area contributed by atoms with E-state index in [0.717, 1.165) is 27.8 Å². The molecule has 0 bridgehead atoms. The average molecular weight is 408 g/mol. The third-order valence-electron chi connectivity index (χ3n) is 4.83. The summed E-state index contributed by atoms with van der Waals surface area (Å²) in [5.74, 6) is -0.730. The molecule has 0 atom stereocenters. The van der Waals surface area contributed by atoms with Crippen LogP contribution in [-0.4, -0.2) is 24.7 Å². The van der Waals surface area contributed by atoms with Gasteiger partial charge in [0, 0.05) is 29.6 Å². The third-order valence-corrected chi connectivity index (χ3v) is 5.76. The van der Waals surface area contributed by atoms with Gasteiger partial charge < -0.3 is 5.73 Å². The molecule has 0 spiro atoms. The second-order valence-electron chi connectivity index (χ2n) is 6.55. The molecule has 4 aromatic rings. The van der Waals surface area contributed by atoms with Crippen LogP contribution in [0.25, 0.3) is 27.5 Å². The van der Waals surface area contributed by atoms with Crippen LogP contribution in [0.2, 0.25) is 0 Å². The van der Waals surface area contributed by atoms with Gasteiger partial charge in [-0.2, -0.15) is 5.10 Å². The number of aryl methyl sites for hydroxylation is 1. The van der Waals surface area contributed by atoms with Crippen LogP contribution in [0.3, 0.4) is 0 Å². The molecule has 2 N–H and O–H groups in total. The number of nitrogens with zero attached hydrogens (tertiary/aromatic N) is 5. The van der Waals surface area contributed by atoms with E-state index in [2.05, 4.69) is 15.1 Å². The van der Waals surface area contributed by atoms with E-state index in [-0.39, 0.29) is 11.4 Å². The summed E-state index contributed by atoms with van der Waals surface area (Å²) in [4.78, 5) is 19.7. The first-order chi connectivity index (χ1) is 14.0. The molecule has 5 rings (SSSR count). The van der Waals surface area contributed by atoms with Crippen molar-refractivity contribution in [1.29, 1.82) is 0 Å². The molecule has 3 aromatic heterocycles. The van der Waals surface area contributed by atoms with E-state index < -0.39 is 10.7 Å². The Morgan fingerprint density at radius 2 is 2.14 bits per heavy atom. The molecule has 0 saturated carbocycles. The van der Waals surface area contributed by atoms with Gasteiger partial charge in [-0.25, -0.2) is 14.1 Å². The maximum absolute atomic E-state index is 14.8. The Morgan fingerprint density at radius 1 is 1.28 bits per heavy atom. The highest BCUT2D eigenvalue weighted by atomic mass is 32.1. The number of rotatable bonds is 3. The summed E-state index contributed by atoms with van der Waals surface area (Å²) in [5.41, 5.74) is 9.76. The Morgan fingerprint density at radius 3 is 2.86 bits per heavy atom. The molecular formula is C19H13FN6O2S. The first kappa shape index (κ1) is 17.4. The van der Waals surface area contributed by atoms with Crippen LogP contribution in [0.15, 0.2) is 42.7 Å². The molecule has 8 nitrogen and oxygen atoms in total. The van der Waals surface area contributed by atoms with Crippen LogP contribution in [0.1, 0.15) is 11.3 Å². The van der Waals surface area contributed by atoms with E-state index in [9.17, 15) is 14.5 Å². The number of fused-ring (bicyclic) bond motifs is 3. The summed E-state index contributed by atoms with van der Waals surface area (Å²) < 4.78 is 16.3. The zero-order valence-corrected chi connectivity index (χ0v) is 15.7. The van der Waals surface area contributed by atoms with Crippen molar-refractivity contribution in [2.75, 3.05) is 5.73 Å². The molecule has 3 heterocycles. The zero-order chi connectivity index (χ0) is 20.1. The van der Waals surface area contributed by atoms with Crippen LogP contribution in [0.5, 0.6) is 0 Å². The highest BCUT2D eigenvalue weighted by Crippen LogP contribution is 2.43. The third kappa shape index (κ3) is 2.76. The van der Waals surface area contributed by atoms with E-state index in [4.69, 9.17) is 5.73 Å². The van der Waals surface area contributed by atoms with Gasteiger partial charge >= 0.3 is 0 Å². The normalized spacial score (nSPS) is 12.4. The van der Waals surface area contributed by atoms with Crippen molar-refractivity contribution in [3.8, 4) is 27.5 Å². The lowest BCUT2D eigenvalue weighted by Crippen LogP contribution is -2.07. The van der Waals surface area contributed by atoms with E-state index >= 15 is 0 Å². The average Bonchev–Trinajstić information content (AvgIpc) is 3.28. The van der Waals surface area contributed by atoms with Gasteiger partial charge in [0.1, 0.15) is 5.69 Å². The number of hydrogen-bond acceptors (Lipinski definition) is 7. The SMILES string of the molecule is Nc1nc2c(s1)-c1c(c(-c3cccnc3)nn1-c1ccc([N+](=O)[O-])cc1F)CC2. The van der Waals surface area contributed by atoms with Crippen molar-refractivity contribution < 1.29 is 9.31 Å². The Bertz CT molecular complexity index is 1270. The number of hydrogen-bond donors (Lipinski definition) is 1. The van der Waals surface area contributed by atoms with Crippen molar-refractivity contribution in [1.82, 2.24) is 19.7 Å².